The van der Waals surface area contributed by atoms with Crippen molar-refractivity contribution in [3.05, 3.63) is 24.3 Å². The van der Waals surface area contributed by atoms with Crippen molar-refractivity contribution < 1.29 is 14.6 Å². The molecule has 1 aliphatic rings. The number of aliphatic hydroxyl groups excluding tert-OH is 1. The number of halogens is 1. The highest BCUT2D eigenvalue weighted by Crippen LogP contribution is 2.48. The van der Waals surface area contributed by atoms with Crippen LogP contribution in [0.1, 0.15) is 58.3 Å². The van der Waals surface area contributed by atoms with Crippen LogP contribution in [0.25, 0.3) is 0 Å². The fourth-order valence-electron chi connectivity index (χ4n) is 2.84. The summed E-state index contributed by atoms with van der Waals surface area (Å²) < 4.78 is 4.61. The van der Waals surface area contributed by atoms with Gasteiger partial charge in [0.1, 0.15) is 0 Å². The number of methoxy groups -OCH3 is 1. The second kappa shape index (κ2) is 11.9. The summed E-state index contributed by atoms with van der Waals surface area (Å²) in [5, 5.41) is 9.90. The quantitative estimate of drug-likeness (QED) is 0.227. The number of rotatable bonds is 12. The number of aliphatic hydroxyl groups is 1. The summed E-state index contributed by atoms with van der Waals surface area (Å²) in [6.07, 6.45) is 15.5. The average molecular weight is 387 g/mol. The molecule has 4 atom stereocenters. The van der Waals surface area contributed by atoms with Crippen molar-refractivity contribution in [1.82, 2.24) is 0 Å². The maximum absolute atomic E-state index is 10.9. The third kappa shape index (κ3) is 8.71. The first kappa shape index (κ1) is 20.4. The van der Waals surface area contributed by atoms with Crippen LogP contribution in [0, 0.1) is 11.8 Å². The maximum Gasteiger partial charge on any atom is 0.305 e. The van der Waals surface area contributed by atoms with Gasteiger partial charge in [-0.15, -0.1) is 0 Å². The van der Waals surface area contributed by atoms with E-state index in [2.05, 4.69) is 39.7 Å². The SMILES string of the molecule is CC[C@H]1[C@@H](Br)[C@H]1/C=C/C=C/C(O)CCCCCCCC(=O)OC. The predicted octanol–water partition coefficient (Wildman–Crippen LogP) is 4.78. The van der Waals surface area contributed by atoms with Crippen LogP contribution in [-0.2, 0) is 9.53 Å². The predicted molar refractivity (Wildman–Crippen MR) is 98.6 cm³/mol. The van der Waals surface area contributed by atoms with E-state index in [0.29, 0.717) is 17.2 Å². The maximum atomic E-state index is 10.9. The zero-order chi connectivity index (χ0) is 17.1. The second-order valence-corrected chi connectivity index (χ2v) is 7.37. The first-order valence-corrected chi connectivity index (χ1v) is 9.75. The van der Waals surface area contributed by atoms with Gasteiger partial charge < -0.3 is 9.84 Å². The highest BCUT2D eigenvalue weighted by atomic mass is 79.9. The van der Waals surface area contributed by atoms with Gasteiger partial charge in [0.05, 0.1) is 13.2 Å². The molecule has 0 spiro atoms. The fraction of sp³-hybridized carbons (Fsp3) is 0.737. The zero-order valence-electron chi connectivity index (χ0n) is 14.4. The van der Waals surface area contributed by atoms with E-state index in [1.807, 2.05) is 12.2 Å². The number of allylic oxidation sites excluding steroid dienone is 3. The summed E-state index contributed by atoms with van der Waals surface area (Å²) in [7, 11) is 1.43. The summed E-state index contributed by atoms with van der Waals surface area (Å²) in [6, 6.07) is 0. The summed E-state index contributed by atoms with van der Waals surface area (Å²) in [6.45, 7) is 2.22. The average Bonchev–Trinajstić information content (AvgIpc) is 3.18. The van der Waals surface area contributed by atoms with Crippen molar-refractivity contribution in [2.45, 2.75) is 69.2 Å². The van der Waals surface area contributed by atoms with Gasteiger partial charge in [0.2, 0.25) is 0 Å². The van der Waals surface area contributed by atoms with Gasteiger partial charge in [0, 0.05) is 11.2 Å². The molecule has 132 valence electrons. The molecule has 3 nitrogen and oxygen atoms in total. The van der Waals surface area contributed by atoms with Crippen molar-refractivity contribution in [3.8, 4) is 0 Å². The zero-order valence-corrected chi connectivity index (χ0v) is 16.0. The smallest absolute Gasteiger partial charge is 0.305 e. The normalized spacial score (nSPS) is 25.1. The van der Waals surface area contributed by atoms with Gasteiger partial charge in [-0.1, -0.05) is 79.3 Å². The Morgan fingerprint density at radius 1 is 1.22 bits per heavy atom. The largest absolute Gasteiger partial charge is 0.469 e. The van der Waals surface area contributed by atoms with E-state index < -0.39 is 0 Å². The Morgan fingerprint density at radius 3 is 2.57 bits per heavy atom. The Morgan fingerprint density at radius 2 is 1.91 bits per heavy atom. The van der Waals surface area contributed by atoms with E-state index in [1.54, 1.807) is 0 Å². The molecule has 1 rings (SSSR count). The Kier molecular flexibility index (Phi) is 10.5. The van der Waals surface area contributed by atoms with E-state index in [9.17, 15) is 9.90 Å². The van der Waals surface area contributed by atoms with Crippen LogP contribution in [0.5, 0.6) is 0 Å². The van der Waals surface area contributed by atoms with Gasteiger partial charge in [0.25, 0.3) is 0 Å². The van der Waals surface area contributed by atoms with Crippen molar-refractivity contribution in [2.75, 3.05) is 7.11 Å². The van der Waals surface area contributed by atoms with Crippen LogP contribution in [0.15, 0.2) is 24.3 Å². The van der Waals surface area contributed by atoms with Gasteiger partial charge in [0.15, 0.2) is 0 Å². The molecule has 0 aliphatic heterocycles. The van der Waals surface area contributed by atoms with Gasteiger partial charge >= 0.3 is 5.97 Å². The lowest BCUT2D eigenvalue weighted by Crippen LogP contribution is -2.01. The van der Waals surface area contributed by atoms with Gasteiger partial charge in [-0.3, -0.25) is 4.79 Å². The number of carbonyl (C=O) groups is 1. The van der Waals surface area contributed by atoms with E-state index >= 15 is 0 Å². The summed E-state index contributed by atoms with van der Waals surface area (Å²) in [4.78, 5) is 11.6. The molecule has 1 fully saturated rings. The lowest BCUT2D eigenvalue weighted by Gasteiger charge is -2.05. The van der Waals surface area contributed by atoms with Crippen molar-refractivity contribution in [3.63, 3.8) is 0 Å². The van der Waals surface area contributed by atoms with Crippen LogP contribution >= 0.6 is 15.9 Å². The van der Waals surface area contributed by atoms with Crippen LogP contribution in [0.4, 0.5) is 0 Å². The number of carbonyl (C=O) groups excluding carboxylic acids is 1. The van der Waals surface area contributed by atoms with Crippen molar-refractivity contribution in [1.29, 1.82) is 0 Å². The topological polar surface area (TPSA) is 46.5 Å². The third-order valence-corrected chi connectivity index (χ3v) is 5.78. The minimum Gasteiger partial charge on any atom is -0.469 e. The number of alkyl halides is 1. The van der Waals surface area contributed by atoms with Crippen molar-refractivity contribution >= 4 is 21.9 Å². The molecule has 4 heteroatoms. The molecule has 0 aromatic rings. The van der Waals surface area contributed by atoms with Crippen LogP contribution in [0.3, 0.4) is 0 Å². The molecule has 0 amide bonds. The number of unbranched alkanes of at least 4 members (excludes halogenated alkanes) is 4. The summed E-state index contributed by atoms with van der Waals surface area (Å²) in [5.41, 5.74) is 0. The number of esters is 1. The molecule has 0 saturated heterocycles. The minimum absolute atomic E-state index is 0.124. The standard InChI is InChI=1S/C19H31BrO3/c1-3-16-17(19(16)20)13-10-9-12-15(21)11-7-5-4-6-8-14-18(22)23-2/h9-10,12-13,15-17,19,21H,3-8,11,14H2,1-2H3/b12-9+,13-10+/t15?,16-,17+,19-/m1/s1. The number of ether oxygens (including phenoxy) is 1. The third-order valence-electron chi connectivity index (χ3n) is 4.49. The first-order valence-electron chi connectivity index (χ1n) is 8.84. The van der Waals surface area contributed by atoms with E-state index in [-0.39, 0.29) is 12.1 Å². The summed E-state index contributed by atoms with van der Waals surface area (Å²) in [5.74, 6) is 1.32. The molecule has 0 aromatic carbocycles. The van der Waals surface area contributed by atoms with Crippen molar-refractivity contribution in [2.24, 2.45) is 11.8 Å². The molecule has 23 heavy (non-hydrogen) atoms. The molecule has 0 bridgehead atoms. The Labute approximate surface area is 149 Å². The number of hydrogen-bond acceptors (Lipinski definition) is 3. The molecule has 1 saturated carbocycles. The van der Waals surface area contributed by atoms with Gasteiger partial charge in [-0.25, -0.2) is 0 Å². The van der Waals surface area contributed by atoms with Gasteiger partial charge in [-0.05, 0) is 24.7 Å². The molecule has 1 unspecified atom stereocenters. The second-order valence-electron chi connectivity index (χ2n) is 6.31. The highest BCUT2D eigenvalue weighted by molar-refractivity contribution is 9.09. The molecular weight excluding hydrogens is 356 g/mol. The van der Waals surface area contributed by atoms with E-state index in [0.717, 1.165) is 44.4 Å². The lowest BCUT2D eigenvalue weighted by atomic mass is 10.1. The molecule has 0 radical (unpaired) electrons. The molecule has 0 aromatic heterocycles. The van der Waals surface area contributed by atoms with E-state index in [1.165, 1.54) is 13.5 Å². The monoisotopic (exact) mass is 386 g/mol. The molecule has 1 aliphatic carbocycles. The van der Waals surface area contributed by atoms with Crippen LogP contribution in [-0.4, -0.2) is 29.1 Å². The molecule has 0 heterocycles. The van der Waals surface area contributed by atoms with Gasteiger partial charge in [-0.2, -0.15) is 0 Å². The Balaban J connectivity index is 1.98. The number of hydrogen-bond donors (Lipinski definition) is 1. The Bertz CT molecular complexity index is 392. The Hall–Kier alpha value is -0.610. The fourth-order valence-corrected chi connectivity index (χ4v) is 3.96. The molecule has 1 N–H and O–H groups in total. The summed E-state index contributed by atoms with van der Waals surface area (Å²) >= 11 is 3.68. The molecular formula is C19H31BrO3. The minimum atomic E-state index is -0.351. The van der Waals surface area contributed by atoms with Crippen LogP contribution in [0.2, 0.25) is 0 Å². The first-order chi connectivity index (χ1) is 11.1. The van der Waals surface area contributed by atoms with E-state index in [4.69, 9.17) is 0 Å². The highest BCUT2D eigenvalue weighted by Gasteiger charge is 2.44. The van der Waals surface area contributed by atoms with Crippen LogP contribution < -0.4 is 0 Å². The lowest BCUT2D eigenvalue weighted by molar-refractivity contribution is -0.140.